The number of esters is 1. The number of allylic oxidation sites excluding steroid dienone is 2. The summed E-state index contributed by atoms with van der Waals surface area (Å²) in [5.41, 5.74) is 2.81. The molecule has 1 aliphatic carbocycles. The van der Waals surface area contributed by atoms with Gasteiger partial charge in [0.25, 0.3) is 5.91 Å². The van der Waals surface area contributed by atoms with Gasteiger partial charge in [-0.05, 0) is 49.8 Å². The Labute approximate surface area is 125 Å². The van der Waals surface area contributed by atoms with Crippen molar-refractivity contribution in [3.8, 4) is 0 Å². The molecule has 0 saturated heterocycles. The van der Waals surface area contributed by atoms with E-state index in [-0.39, 0.29) is 24.4 Å². The van der Waals surface area contributed by atoms with Crippen LogP contribution in [0.3, 0.4) is 0 Å². The number of benzene rings is 1. The normalized spacial score (nSPS) is 16.8. The molecule has 112 valence electrons. The predicted molar refractivity (Wildman–Crippen MR) is 82.0 cm³/mol. The number of amides is 1. The lowest BCUT2D eigenvalue weighted by Gasteiger charge is -2.11. The summed E-state index contributed by atoms with van der Waals surface area (Å²) in [6.45, 7) is 3.65. The summed E-state index contributed by atoms with van der Waals surface area (Å²) in [4.78, 5) is 23.5. The van der Waals surface area contributed by atoms with E-state index in [2.05, 4.69) is 11.4 Å². The Kier molecular flexibility index (Phi) is 5.14. The van der Waals surface area contributed by atoms with Crippen LogP contribution in [0.1, 0.15) is 30.4 Å². The van der Waals surface area contributed by atoms with E-state index in [4.69, 9.17) is 4.74 Å². The van der Waals surface area contributed by atoms with Gasteiger partial charge in [0.05, 0.1) is 6.42 Å². The number of anilines is 1. The number of hydrogen-bond donors (Lipinski definition) is 1. The molecule has 1 atom stereocenters. The van der Waals surface area contributed by atoms with Crippen LogP contribution < -0.4 is 5.32 Å². The third kappa shape index (κ3) is 4.74. The molecule has 2 rings (SSSR count). The maximum atomic E-state index is 11.8. The fourth-order valence-electron chi connectivity index (χ4n) is 2.34. The molecule has 1 aliphatic rings. The van der Waals surface area contributed by atoms with Gasteiger partial charge in [0.2, 0.25) is 0 Å². The van der Waals surface area contributed by atoms with E-state index < -0.39 is 0 Å². The molecule has 1 amide bonds. The van der Waals surface area contributed by atoms with Gasteiger partial charge in [0.15, 0.2) is 6.61 Å². The van der Waals surface area contributed by atoms with Gasteiger partial charge in [0, 0.05) is 5.69 Å². The molecule has 21 heavy (non-hydrogen) atoms. The van der Waals surface area contributed by atoms with Crippen molar-refractivity contribution in [3.05, 3.63) is 41.5 Å². The summed E-state index contributed by atoms with van der Waals surface area (Å²) in [5, 5.41) is 2.77. The lowest BCUT2D eigenvalue weighted by atomic mass is 10.1. The number of aryl methyl sites for hydroxylation is 2. The van der Waals surface area contributed by atoms with Crippen LogP contribution in [0.4, 0.5) is 5.69 Å². The van der Waals surface area contributed by atoms with E-state index >= 15 is 0 Å². The molecule has 0 unspecified atom stereocenters. The first-order valence-corrected chi connectivity index (χ1v) is 7.24. The zero-order valence-electron chi connectivity index (χ0n) is 12.5. The average Bonchev–Trinajstić information content (AvgIpc) is 2.93. The first-order chi connectivity index (χ1) is 10.0. The topological polar surface area (TPSA) is 55.4 Å². The van der Waals surface area contributed by atoms with Crippen LogP contribution in [0.2, 0.25) is 0 Å². The number of carbonyl (C=O) groups is 2. The van der Waals surface area contributed by atoms with Gasteiger partial charge in [-0.1, -0.05) is 24.3 Å². The molecule has 0 aromatic heterocycles. The predicted octanol–water partition coefficient (Wildman–Crippen LogP) is 3.14. The van der Waals surface area contributed by atoms with Crippen LogP contribution in [-0.4, -0.2) is 18.5 Å². The van der Waals surface area contributed by atoms with Gasteiger partial charge >= 0.3 is 5.97 Å². The van der Waals surface area contributed by atoms with Crippen molar-refractivity contribution in [1.82, 2.24) is 0 Å². The van der Waals surface area contributed by atoms with Crippen molar-refractivity contribution in [3.63, 3.8) is 0 Å². The molecule has 0 fully saturated rings. The zero-order chi connectivity index (χ0) is 15.2. The summed E-state index contributed by atoms with van der Waals surface area (Å²) in [6, 6.07) is 5.84. The SMILES string of the molecule is Cc1ccc(C)c(NC(=O)COC(=O)C[C@@H]2C=CCC2)c1. The molecule has 4 heteroatoms. The van der Waals surface area contributed by atoms with Gasteiger partial charge in [-0.2, -0.15) is 0 Å². The van der Waals surface area contributed by atoms with E-state index in [1.807, 2.05) is 38.1 Å². The molecule has 1 aromatic rings. The van der Waals surface area contributed by atoms with E-state index in [0.717, 1.165) is 29.7 Å². The minimum absolute atomic E-state index is 0.233. The Bertz CT molecular complexity index is 563. The second-order valence-corrected chi connectivity index (χ2v) is 5.50. The molecule has 4 nitrogen and oxygen atoms in total. The van der Waals surface area contributed by atoms with Gasteiger partial charge in [-0.25, -0.2) is 0 Å². The fraction of sp³-hybridized carbons (Fsp3) is 0.412. The number of carbonyl (C=O) groups excluding carboxylic acids is 2. The largest absolute Gasteiger partial charge is 0.456 e. The van der Waals surface area contributed by atoms with Crippen molar-refractivity contribution in [1.29, 1.82) is 0 Å². The van der Waals surface area contributed by atoms with Gasteiger partial charge in [0.1, 0.15) is 0 Å². The lowest BCUT2D eigenvalue weighted by Crippen LogP contribution is -2.22. The first-order valence-electron chi connectivity index (χ1n) is 7.24. The Hall–Kier alpha value is -2.10. The Balaban J connectivity index is 1.77. The minimum Gasteiger partial charge on any atom is -0.456 e. The third-order valence-corrected chi connectivity index (χ3v) is 3.57. The lowest BCUT2D eigenvalue weighted by molar-refractivity contribution is -0.147. The van der Waals surface area contributed by atoms with Crippen LogP contribution in [-0.2, 0) is 14.3 Å². The molecule has 1 aromatic carbocycles. The van der Waals surface area contributed by atoms with Crippen molar-refractivity contribution in [2.45, 2.75) is 33.1 Å². The maximum Gasteiger partial charge on any atom is 0.306 e. The average molecular weight is 287 g/mol. The second kappa shape index (κ2) is 7.07. The highest BCUT2D eigenvalue weighted by molar-refractivity contribution is 5.93. The van der Waals surface area contributed by atoms with Crippen LogP contribution in [0, 0.1) is 19.8 Å². The molecule has 0 radical (unpaired) electrons. The van der Waals surface area contributed by atoms with E-state index in [9.17, 15) is 9.59 Å². The quantitative estimate of drug-likeness (QED) is 0.668. The van der Waals surface area contributed by atoms with Crippen LogP contribution in [0.5, 0.6) is 0 Å². The monoisotopic (exact) mass is 287 g/mol. The summed E-state index contributed by atoms with van der Waals surface area (Å²) in [6.07, 6.45) is 6.48. The summed E-state index contributed by atoms with van der Waals surface area (Å²) in [7, 11) is 0. The summed E-state index contributed by atoms with van der Waals surface area (Å²) in [5.74, 6) is -0.360. The van der Waals surface area contributed by atoms with Gasteiger partial charge in [-0.3, -0.25) is 9.59 Å². The Morgan fingerprint density at radius 1 is 1.33 bits per heavy atom. The number of hydrogen-bond acceptors (Lipinski definition) is 3. The minimum atomic E-state index is -0.317. The molecule has 0 spiro atoms. The van der Waals surface area contributed by atoms with Crippen LogP contribution >= 0.6 is 0 Å². The fourth-order valence-corrected chi connectivity index (χ4v) is 2.34. The number of nitrogens with one attached hydrogen (secondary N) is 1. The van der Waals surface area contributed by atoms with Crippen LogP contribution in [0.15, 0.2) is 30.4 Å². The van der Waals surface area contributed by atoms with Crippen molar-refractivity contribution < 1.29 is 14.3 Å². The maximum absolute atomic E-state index is 11.8. The summed E-state index contributed by atoms with van der Waals surface area (Å²) < 4.78 is 5.02. The van der Waals surface area contributed by atoms with Gasteiger partial charge < -0.3 is 10.1 Å². The summed E-state index contributed by atoms with van der Waals surface area (Å²) >= 11 is 0. The smallest absolute Gasteiger partial charge is 0.306 e. The van der Waals surface area contributed by atoms with E-state index in [0.29, 0.717) is 6.42 Å². The second-order valence-electron chi connectivity index (χ2n) is 5.50. The molecule has 0 heterocycles. The molecule has 0 saturated carbocycles. The highest BCUT2D eigenvalue weighted by Gasteiger charge is 2.16. The van der Waals surface area contributed by atoms with Crippen molar-refractivity contribution >= 4 is 17.6 Å². The molecule has 0 aliphatic heterocycles. The molecule has 0 bridgehead atoms. The van der Waals surface area contributed by atoms with Crippen molar-refractivity contribution in [2.75, 3.05) is 11.9 Å². The standard InChI is InChI=1S/C17H21NO3/c1-12-7-8-13(2)15(9-12)18-16(19)11-21-17(20)10-14-5-3-4-6-14/h3,5,7-9,14H,4,6,10-11H2,1-2H3,(H,18,19)/t14-/m1/s1. The highest BCUT2D eigenvalue weighted by atomic mass is 16.5. The zero-order valence-corrected chi connectivity index (χ0v) is 12.5. The third-order valence-electron chi connectivity index (χ3n) is 3.57. The van der Waals surface area contributed by atoms with E-state index in [1.165, 1.54) is 0 Å². The number of rotatable bonds is 5. The van der Waals surface area contributed by atoms with Crippen LogP contribution in [0.25, 0.3) is 0 Å². The Morgan fingerprint density at radius 3 is 2.86 bits per heavy atom. The first kappa shape index (κ1) is 15.3. The van der Waals surface area contributed by atoms with Crippen molar-refractivity contribution in [2.24, 2.45) is 5.92 Å². The molecule has 1 N–H and O–H groups in total. The Morgan fingerprint density at radius 2 is 2.14 bits per heavy atom. The molecular weight excluding hydrogens is 266 g/mol. The van der Waals surface area contributed by atoms with Gasteiger partial charge in [-0.15, -0.1) is 0 Å². The highest BCUT2D eigenvalue weighted by Crippen LogP contribution is 2.20. The number of ether oxygens (including phenoxy) is 1. The molecular formula is C17H21NO3. The van der Waals surface area contributed by atoms with E-state index in [1.54, 1.807) is 0 Å².